The molecule has 0 heterocycles. The molecule has 134 valence electrons. The third kappa shape index (κ3) is 6.21. The number of rotatable bonds is 9. The van der Waals surface area contributed by atoms with Crippen LogP contribution in [-0.2, 0) is 27.3 Å². The summed E-state index contributed by atoms with van der Waals surface area (Å²) in [4.78, 5) is 12.3. The van der Waals surface area contributed by atoms with Crippen molar-refractivity contribution in [3.05, 3.63) is 59.2 Å². The van der Waals surface area contributed by atoms with E-state index < -0.39 is 0 Å². The molecule has 0 aromatic heterocycles. The highest BCUT2D eigenvalue weighted by atomic mass is 16.5. The molecule has 0 aliphatic heterocycles. The molecular formula is C20H26N2O3. The summed E-state index contributed by atoms with van der Waals surface area (Å²) in [6.45, 7) is 6.29. The smallest absolute Gasteiger partial charge is 0.228 e. The molecule has 0 bridgehead atoms. The molecule has 2 rings (SSSR count). The Morgan fingerprint density at radius 2 is 1.80 bits per heavy atom. The Kier molecular flexibility index (Phi) is 7.44. The van der Waals surface area contributed by atoms with Crippen LogP contribution in [0, 0.1) is 6.92 Å². The van der Waals surface area contributed by atoms with Crippen molar-refractivity contribution in [2.24, 2.45) is 0 Å². The van der Waals surface area contributed by atoms with Gasteiger partial charge in [-0.05, 0) is 48.7 Å². The van der Waals surface area contributed by atoms with Crippen molar-refractivity contribution in [3.8, 4) is 0 Å². The maximum Gasteiger partial charge on any atom is 0.228 e. The monoisotopic (exact) mass is 342 g/mol. The minimum Gasteiger partial charge on any atom is -0.399 e. The van der Waals surface area contributed by atoms with Crippen LogP contribution in [0.5, 0.6) is 0 Å². The summed E-state index contributed by atoms with van der Waals surface area (Å²) in [6, 6.07) is 13.2. The van der Waals surface area contributed by atoms with Crippen LogP contribution in [0.25, 0.3) is 0 Å². The zero-order valence-corrected chi connectivity index (χ0v) is 14.9. The highest BCUT2D eigenvalue weighted by Gasteiger charge is 2.09. The molecule has 1 amide bonds. The SMILES string of the molecule is CCOCCOCc1cccc(NC(=O)Cc2ccc(N)cc2)c1C. The third-order valence-electron chi connectivity index (χ3n) is 3.90. The molecule has 0 aliphatic rings. The molecule has 5 heteroatoms. The van der Waals surface area contributed by atoms with E-state index in [2.05, 4.69) is 5.32 Å². The van der Waals surface area contributed by atoms with Crippen molar-refractivity contribution in [2.75, 3.05) is 30.9 Å². The number of nitrogens with one attached hydrogen (secondary N) is 1. The van der Waals surface area contributed by atoms with Crippen LogP contribution in [-0.4, -0.2) is 25.7 Å². The summed E-state index contributed by atoms with van der Waals surface area (Å²) in [6.07, 6.45) is 0.314. The Morgan fingerprint density at radius 1 is 1.08 bits per heavy atom. The summed E-state index contributed by atoms with van der Waals surface area (Å²) < 4.78 is 10.9. The minimum atomic E-state index is -0.0534. The van der Waals surface area contributed by atoms with Gasteiger partial charge in [-0.1, -0.05) is 24.3 Å². The number of nitrogen functional groups attached to an aromatic ring is 1. The van der Waals surface area contributed by atoms with Crippen molar-refractivity contribution in [2.45, 2.75) is 26.9 Å². The molecule has 5 nitrogen and oxygen atoms in total. The van der Waals surface area contributed by atoms with E-state index in [4.69, 9.17) is 15.2 Å². The number of carbonyl (C=O) groups excluding carboxylic acids is 1. The molecule has 3 N–H and O–H groups in total. The summed E-state index contributed by atoms with van der Waals surface area (Å²) >= 11 is 0. The van der Waals surface area contributed by atoms with Gasteiger partial charge in [0.25, 0.3) is 0 Å². The van der Waals surface area contributed by atoms with Gasteiger partial charge in [0.05, 0.1) is 26.2 Å². The molecule has 0 aliphatic carbocycles. The fourth-order valence-electron chi connectivity index (χ4n) is 2.43. The first-order chi connectivity index (χ1) is 12.1. The fraction of sp³-hybridized carbons (Fsp3) is 0.350. The first-order valence-corrected chi connectivity index (χ1v) is 8.48. The Hall–Kier alpha value is -2.37. The molecule has 0 saturated heterocycles. The summed E-state index contributed by atoms with van der Waals surface area (Å²) in [5.74, 6) is -0.0534. The topological polar surface area (TPSA) is 73.6 Å². The second-order valence-corrected chi connectivity index (χ2v) is 5.81. The number of anilines is 2. The van der Waals surface area contributed by atoms with Crippen molar-refractivity contribution in [1.82, 2.24) is 0 Å². The van der Waals surface area contributed by atoms with Crippen molar-refractivity contribution < 1.29 is 14.3 Å². The quantitative estimate of drug-likeness (QED) is 0.542. The average Bonchev–Trinajstić information content (AvgIpc) is 2.60. The van der Waals surface area contributed by atoms with Crippen LogP contribution in [0.2, 0.25) is 0 Å². The van der Waals surface area contributed by atoms with Gasteiger partial charge in [-0.2, -0.15) is 0 Å². The highest BCUT2D eigenvalue weighted by Crippen LogP contribution is 2.20. The summed E-state index contributed by atoms with van der Waals surface area (Å²) in [5, 5.41) is 2.97. The van der Waals surface area contributed by atoms with Crippen LogP contribution < -0.4 is 11.1 Å². The molecule has 2 aromatic carbocycles. The average molecular weight is 342 g/mol. The van der Waals surface area contributed by atoms with Gasteiger partial charge in [-0.3, -0.25) is 4.79 Å². The Labute approximate surface area is 149 Å². The maximum absolute atomic E-state index is 12.3. The van der Waals surface area contributed by atoms with Crippen LogP contribution in [0.1, 0.15) is 23.6 Å². The van der Waals surface area contributed by atoms with Gasteiger partial charge in [0, 0.05) is 18.0 Å². The Morgan fingerprint density at radius 3 is 2.52 bits per heavy atom. The summed E-state index contributed by atoms with van der Waals surface area (Å²) in [5.41, 5.74) is 10.2. The van der Waals surface area contributed by atoms with Crippen molar-refractivity contribution in [1.29, 1.82) is 0 Å². The Bertz CT molecular complexity index is 684. The lowest BCUT2D eigenvalue weighted by atomic mass is 10.1. The first-order valence-electron chi connectivity index (χ1n) is 8.48. The van der Waals surface area contributed by atoms with E-state index in [-0.39, 0.29) is 5.91 Å². The molecule has 0 saturated carbocycles. The normalized spacial score (nSPS) is 10.6. The number of amides is 1. The fourth-order valence-corrected chi connectivity index (χ4v) is 2.43. The third-order valence-corrected chi connectivity index (χ3v) is 3.90. The number of benzene rings is 2. The van der Waals surface area contributed by atoms with Crippen molar-refractivity contribution in [3.63, 3.8) is 0 Å². The van der Waals surface area contributed by atoms with Gasteiger partial charge in [0.2, 0.25) is 5.91 Å². The zero-order valence-electron chi connectivity index (χ0n) is 14.9. The second kappa shape index (κ2) is 9.81. The van der Waals surface area contributed by atoms with Crippen LogP contribution in [0.4, 0.5) is 11.4 Å². The second-order valence-electron chi connectivity index (χ2n) is 5.81. The van der Waals surface area contributed by atoms with Crippen LogP contribution in [0.3, 0.4) is 0 Å². The molecule has 25 heavy (non-hydrogen) atoms. The lowest BCUT2D eigenvalue weighted by Gasteiger charge is -2.13. The molecule has 2 aromatic rings. The Balaban J connectivity index is 1.91. The van der Waals surface area contributed by atoms with E-state index in [1.54, 1.807) is 12.1 Å². The molecule has 0 fully saturated rings. The highest BCUT2D eigenvalue weighted by molar-refractivity contribution is 5.93. The van der Waals surface area contributed by atoms with Crippen LogP contribution >= 0.6 is 0 Å². The maximum atomic E-state index is 12.3. The summed E-state index contributed by atoms with van der Waals surface area (Å²) in [7, 11) is 0. The molecule has 0 spiro atoms. The first kappa shape index (κ1) is 19.0. The van der Waals surface area contributed by atoms with E-state index in [0.29, 0.717) is 38.5 Å². The number of ether oxygens (including phenoxy) is 2. The van der Waals surface area contributed by atoms with Gasteiger partial charge >= 0.3 is 0 Å². The number of nitrogens with two attached hydrogens (primary N) is 1. The van der Waals surface area contributed by atoms with Gasteiger partial charge < -0.3 is 20.5 Å². The zero-order chi connectivity index (χ0) is 18.1. The van der Waals surface area contributed by atoms with E-state index >= 15 is 0 Å². The van der Waals surface area contributed by atoms with Crippen LogP contribution in [0.15, 0.2) is 42.5 Å². The molecule has 0 unspecified atom stereocenters. The van der Waals surface area contributed by atoms with E-state index in [0.717, 1.165) is 22.4 Å². The van der Waals surface area contributed by atoms with E-state index in [1.165, 1.54) is 0 Å². The number of hydrogen-bond donors (Lipinski definition) is 2. The van der Waals surface area contributed by atoms with Gasteiger partial charge in [-0.15, -0.1) is 0 Å². The minimum absolute atomic E-state index is 0.0534. The molecule has 0 radical (unpaired) electrons. The molecular weight excluding hydrogens is 316 g/mol. The van der Waals surface area contributed by atoms with Gasteiger partial charge in [-0.25, -0.2) is 0 Å². The lowest BCUT2D eigenvalue weighted by Crippen LogP contribution is -2.15. The lowest BCUT2D eigenvalue weighted by molar-refractivity contribution is -0.115. The largest absolute Gasteiger partial charge is 0.399 e. The number of hydrogen-bond acceptors (Lipinski definition) is 4. The van der Waals surface area contributed by atoms with E-state index in [1.807, 2.05) is 44.2 Å². The predicted molar refractivity (Wildman–Crippen MR) is 101 cm³/mol. The van der Waals surface area contributed by atoms with Crippen molar-refractivity contribution >= 4 is 17.3 Å². The number of carbonyl (C=O) groups is 1. The predicted octanol–water partition coefficient (Wildman–Crippen LogP) is 3.31. The van der Waals surface area contributed by atoms with E-state index in [9.17, 15) is 4.79 Å². The standard InChI is InChI=1S/C20H26N2O3/c1-3-24-11-12-25-14-17-5-4-6-19(15(17)2)22-20(23)13-16-7-9-18(21)10-8-16/h4-10H,3,11-14,21H2,1-2H3,(H,22,23). The van der Waals surface area contributed by atoms with Gasteiger partial charge in [0.15, 0.2) is 0 Å². The molecule has 0 atom stereocenters. The van der Waals surface area contributed by atoms with Gasteiger partial charge in [0.1, 0.15) is 0 Å².